The summed E-state index contributed by atoms with van der Waals surface area (Å²) in [5.74, 6) is 1.40. The lowest BCUT2D eigenvalue weighted by Gasteiger charge is -2.10. The first-order valence-corrected chi connectivity index (χ1v) is 8.42. The fourth-order valence-electron chi connectivity index (χ4n) is 2.24. The highest BCUT2D eigenvalue weighted by atomic mass is 35.5. The maximum atomic E-state index is 11.8. The number of benzene rings is 2. The van der Waals surface area contributed by atoms with Gasteiger partial charge in [-0.25, -0.2) is 0 Å². The largest absolute Gasteiger partial charge is 0.494 e. The monoisotopic (exact) mass is 347 g/mol. The van der Waals surface area contributed by atoms with Crippen LogP contribution in [0.15, 0.2) is 48.5 Å². The molecule has 0 unspecified atom stereocenters. The van der Waals surface area contributed by atoms with Gasteiger partial charge in [0.05, 0.1) is 6.61 Å². The van der Waals surface area contributed by atoms with Crippen LogP contribution < -0.4 is 14.8 Å². The van der Waals surface area contributed by atoms with Crippen LogP contribution in [0.3, 0.4) is 0 Å². The molecule has 5 heteroatoms. The first kappa shape index (κ1) is 18.1. The topological polar surface area (TPSA) is 47.6 Å². The highest BCUT2D eigenvalue weighted by Gasteiger charge is 2.05. The minimum absolute atomic E-state index is 0.00281. The van der Waals surface area contributed by atoms with Crippen molar-refractivity contribution in [2.75, 3.05) is 19.8 Å². The Bertz CT molecular complexity index is 643. The quantitative estimate of drug-likeness (QED) is 0.700. The zero-order valence-electron chi connectivity index (χ0n) is 13.8. The fourth-order valence-corrected chi connectivity index (χ4v) is 2.37. The third kappa shape index (κ3) is 6.13. The molecular formula is C19H22ClNO3. The molecule has 2 rings (SSSR count). The van der Waals surface area contributed by atoms with Crippen LogP contribution in [0.1, 0.15) is 18.9 Å². The van der Waals surface area contributed by atoms with Crippen LogP contribution in [0.2, 0.25) is 5.02 Å². The minimum Gasteiger partial charge on any atom is -0.494 e. The average molecular weight is 348 g/mol. The van der Waals surface area contributed by atoms with Gasteiger partial charge in [-0.3, -0.25) is 4.79 Å². The summed E-state index contributed by atoms with van der Waals surface area (Å²) >= 11 is 5.80. The maximum Gasteiger partial charge on any atom is 0.257 e. The number of carbonyl (C=O) groups excluding carboxylic acids is 1. The Labute approximate surface area is 147 Å². The highest BCUT2D eigenvalue weighted by molar-refractivity contribution is 6.30. The van der Waals surface area contributed by atoms with Crippen LogP contribution in [0, 0.1) is 0 Å². The molecule has 0 bridgehead atoms. The summed E-state index contributed by atoms with van der Waals surface area (Å²) in [5, 5.41) is 3.49. The molecular weight excluding hydrogens is 326 g/mol. The molecule has 0 aliphatic carbocycles. The zero-order valence-corrected chi connectivity index (χ0v) is 14.5. The Morgan fingerprint density at radius 2 is 1.83 bits per heavy atom. The molecule has 1 N–H and O–H groups in total. The second-order valence-corrected chi connectivity index (χ2v) is 5.67. The van der Waals surface area contributed by atoms with E-state index in [9.17, 15) is 4.79 Å². The summed E-state index contributed by atoms with van der Waals surface area (Å²) in [6.45, 7) is 3.22. The second-order valence-electron chi connectivity index (χ2n) is 5.24. The van der Waals surface area contributed by atoms with Gasteiger partial charge >= 0.3 is 0 Å². The van der Waals surface area contributed by atoms with Crippen LogP contribution in [0.4, 0.5) is 0 Å². The number of nitrogens with one attached hydrogen (secondary N) is 1. The van der Waals surface area contributed by atoms with Gasteiger partial charge in [0.1, 0.15) is 11.5 Å². The van der Waals surface area contributed by atoms with E-state index >= 15 is 0 Å². The highest BCUT2D eigenvalue weighted by Crippen LogP contribution is 2.19. The molecule has 0 heterocycles. The van der Waals surface area contributed by atoms with Crippen molar-refractivity contribution in [3.8, 4) is 11.5 Å². The van der Waals surface area contributed by atoms with Gasteiger partial charge in [-0.2, -0.15) is 0 Å². The van der Waals surface area contributed by atoms with Gasteiger partial charge in [0.25, 0.3) is 5.91 Å². The number of amides is 1. The van der Waals surface area contributed by atoms with E-state index in [0.29, 0.717) is 23.9 Å². The third-order valence-corrected chi connectivity index (χ3v) is 3.65. The third-order valence-electron chi connectivity index (χ3n) is 3.40. The maximum absolute atomic E-state index is 11.8. The predicted molar refractivity (Wildman–Crippen MR) is 95.9 cm³/mol. The van der Waals surface area contributed by atoms with Gasteiger partial charge in [0.15, 0.2) is 6.61 Å². The van der Waals surface area contributed by atoms with E-state index in [1.807, 2.05) is 25.1 Å². The molecule has 0 atom stereocenters. The summed E-state index contributed by atoms with van der Waals surface area (Å²) < 4.78 is 11.0. The SMILES string of the molecule is CCOc1ccccc1CCCNC(=O)COc1ccc(Cl)cc1. The van der Waals surface area contributed by atoms with Crippen molar-refractivity contribution in [1.29, 1.82) is 0 Å². The summed E-state index contributed by atoms with van der Waals surface area (Å²) in [4.78, 5) is 11.8. The fraction of sp³-hybridized carbons (Fsp3) is 0.316. The molecule has 2 aromatic rings. The Kier molecular flexibility index (Phi) is 7.43. The van der Waals surface area contributed by atoms with Gasteiger partial charge in [-0.1, -0.05) is 29.8 Å². The number of ether oxygens (including phenoxy) is 2. The van der Waals surface area contributed by atoms with E-state index in [1.165, 1.54) is 0 Å². The molecule has 0 saturated heterocycles. The number of aryl methyl sites for hydroxylation is 1. The smallest absolute Gasteiger partial charge is 0.257 e. The summed E-state index contributed by atoms with van der Waals surface area (Å²) in [5.41, 5.74) is 1.16. The standard InChI is InChI=1S/C19H22ClNO3/c1-2-23-18-8-4-3-6-15(18)7-5-13-21-19(22)14-24-17-11-9-16(20)10-12-17/h3-4,6,8-12H,2,5,7,13-14H2,1H3,(H,21,22). The number of hydrogen-bond donors (Lipinski definition) is 1. The normalized spacial score (nSPS) is 10.2. The van der Waals surface area contributed by atoms with Gasteiger partial charge < -0.3 is 14.8 Å². The molecule has 0 aromatic heterocycles. The molecule has 4 nitrogen and oxygen atoms in total. The number of halogens is 1. The Morgan fingerprint density at radius 3 is 2.58 bits per heavy atom. The van der Waals surface area contributed by atoms with Gasteiger partial charge in [-0.05, 0) is 55.7 Å². The van der Waals surface area contributed by atoms with Crippen molar-refractivity contribution in [3.05, 3.63) is 59.1 Å². The molecule has 1 amide bonds. The molecule has 0 radical (unpaired) electrons. The van der Waals surface area contributed by atoms with E-state index < -0.39 is 0 Å². The van der Waals surface area contributed by atoms with Crippen molar-refractivity contribution in [2.24, 2.45) is 0 Å². The molecule has 0 aliphatic heterocycles. The van der Waals surface area contributed by atoms with Gasteiger partial charge in [0, 0.05) is 11.6 Å². The summed E-state index contributed by atoms with van der Waals surface area (Å²) in [7, 11) is 0. The van der Waals surface area contributed by atoms with Crippen molar-refractivity contribution in [1.82, 2.24) is 5.32 Å². The number of rotatable bonds is 9. The lowest BCUT2D eigenvalue weighted by molar-refractivity contribution is -0.123. The van der Waals surface area contributed by atoms with Crippen LogP contribution in [-0.4, -0.2) is 25.7 Å². The first-order valence-electron chi connectivity index (χ1n) is 8.05. The molecule has 0 saturated carbocycles. The summed E-state index contributed by atoms with van der Waals surface area (Å²) in [6, 6.07) is 14.9. The predicted octanol–water partition coefficient (Wildman–Crippen LogP) is 3.87. The van der Waals surface area contributed by atoms with Gasteiger partial charge in [-0.15, -0.1) is 0 Å². The van der Waals surface area contributed by atoms with Crippen LogP contribution >= 0.6 is 11.6 Å². The van der Waals surface area contributed by atoms with Crippen LogP contribution in [-0.2, 0) is 11.2 Å². The van der Waals surface area contributed by atoms with Crippen LogP contribution in [0.25, 0.3) is 0 Å². The molecule has 0 aliphatic rings. The Hall–Kier alpha value is -2.20. The first-order chi connectivity index (χ1) is 11.7. The van der Waals surface area contributed by atoms with E-state index in [-0.39, 0.29) is 12.5 Å². The second kappa shape index (κ2) is 9.83. The zero-order chi connectivity index (χ0) is 17.2. The molecule has 24 heavy (non-hydrogen) atoms. The van der Waals surface area contributed by atoms with Crippen molar-refractivity contribution in [3.63, 3.8) is 0 Å². The number of hydrogen-bond acceptors (Lipinski definition) is 3. The lowest BCUT2D eigenvalue weighted by atomic mass is 10.1. The molecule has 128 valence electrons. The van der Waals surface area contributed by atoms with Crippen molar-refractivity contribution >= 4 is 17.5 Å². The number of carbonyl (C=O) groups is 1. The summed E-state index contributed by atoms with van der Waals surface area (Å²) in [6.07, 6.45) is 1.70. The van der Waals surface area contributed by atoms with E-state index in [1.54, 1.807) is 24.3 Å². The Morgan fingerprint density at radius 1 is 1.08 bits per heavy atom. The lowest BCUT2D eigenvalue weighted by Crippen LogP contribution is -2.29. The number of para-hydroxylation sites is 1. The average Bonchev–Trinajstić information content (AvgIpc) is 2.60. The van der Waals surface area contributed by atoms with E-state index in [4.69, 9.17) is 21.1 Å². The van der Waals surface area contributed by atoms with E-state index in [2.05, 4.69) is 11.4 Å². The van der Waals surface area contributed by atoms with Crippen molar-refractivity contribution in [2.45, 2.75) is 19.8 Å². The molecule has 2 aromatic carbocycles. The van der Waals surface area contributed by atoms with E-state index in [0.717, 1.165) is 24.2 Å². The van der Waals surface area contributed by atoms with Gasteiger partial charge in [0.2, 0.25) is 0 Å². The molecule has 0 fully saturated rings. The molecule has 0 spiro atoms. The Balaban J connectivity index is 1.67. The van der Waals surface area contributed by atoms with Crippen molar-refractivity contribution < 1.29 is 14.3 Å². The minimum atomic E-state index is -0.136. The van der Waals surface area contributed by atoms with Crippen LogP contribution in [0.5, 0.6) is 11.5 Å².